The van der Waals surface area contributed by atoms with Gasteiger partial charge in [0, 0.05) is 12.0 Å². The third-order valence-corrected chi connectivity index (χ3v) is 4.89. The maximum absolute atomic E-state index is 9.93. The lowest BCUT2D eigenvalue weighted by Crippen LogP contribution is -2.38. The molecule has 0 bridgehead atoms. The molecule has 1 aliphatic carbocycles. The Balaban J connectivity index is 1.93. The van der Waals surface area contributed by atoms with Gasteiger partial charge in [-0.2, -0.15) is 0 Å². The summed E-state index contributed by atoms with van der Waals surface area (Å²) in [4.78, 5) is 0. The normalized spacial score (nSPS) is 23.6. The van der Waals surface area contributed by atoms with Crippen molar-refractivity contribution < 1.29 is 10.2 Å². The Labute approximate surface area is 124 Å². The second kappa shape index (κ2) is 4.78. The molecule has 0 fully saturated rings. The van der Waals surface area contributed by atoms with Gasteiger partial charge in [0.25, 0.3) is 0 Å². The van der Waals surface area contributed by atoms with E-state index in [4.69, 9.17) is 0 Å². The molecule has 3 N–H and O–H groups in total. The number of aromatic hydroxyl groups is 2. The first kappa shape index (κ1) is 12.7. The van der Waals surface area contributed by atoms with Crippen LogP contribution in [0, 0.1) is 0 Å². The fourth-order valence-electron chi connectivity index (χ4n) is 3.90. The molecule has 1 heterocycles. The van der Waals surface area contributed by atoms with E-state index in [0.29, 0.717) is 6.04 Å². The molecule has 1 aliphatic heterocycles. The molecule has 2 atom stereocenters. The van der Waals surface area contributed by atoms with E-state index in [1.165, 1.54) is 11.1 Å². The number of nitrogens with one attached hydrogen (secondary N) is 1. The molecule has 108 valence electrons. The summed E-state index contributed by atoms with van der Waals surface area (Å²) in [5.41, 5.74) is 5.06. The van der Waals surface area contributed by atoms with Crippen LogP contribution in [0.1, 0.15) is 34.6 Å². The van der Waals surface area contributed by atoms with E-state index in [-0.39, 0.29) is 17.4 Å². The second-order valence-corrected chi connectivity index (χ2v) is 6.07. The predicted octanol–water partition coefficient (Wildman–Crippen LogP) is 2.69. The minimum absolute atomic E-state index is 0.0162. The fourth-order valence-corrected chi connectivity index (χ4v) is 3.90. The van der Waals surface area contributed by atoms with Crippen LogP contribution >= 0.6 is 0 Å². The van der Waals surface area contributed by atoms with Gasteiger partial charge in [-0.3, -0.25) is 0 Å². The van der Waals surface area contributed by atoms with E-state index in [9.17, 15) is 10.2 Å². The lowest BCUT2D eigenvalue weighted by molar-refractivity contribution is 0.400. The van der Waals surface area contributed by atoms with Crippen molar-refractivity contribution in [2.24, 2.45) is 0 Å². The third kappa shape index (κ3) is 2.00. The number of aryl methyl sites for hydroxylation is 1. The van der Waals surface area contributed by atoms with Gasteiger partial charge in [0.15, 0.2) is 11.5 Å². The van der Waals surface area contributed by atoms with Crippen LogP contribution in [0.2, 0.25) is 0 Å². The van der Waals surface area contributed by atoms with Gasteiger partial charge < -0.3 is 15.5 Å². The fraction of sp³-hybridized carbons (Fsp3) is 0.333. The molecule has 2 aromatic rings. The number of rotatable bonds is 0. The number of phenolic OH excluding ortho intramolecular Hbond substituents is 2. The summed E-state index contributed by atoms with van der Waals surface area (Å²) in [6.45, 7) is 0.917. The molecule has 0 aromatic heterocycles. The lowest BCUT2D eigenvalue weighted by Gasteiger charge is -2.34. The molecule has 0 saturated heterocycles. The van der Waals surface area contributed by atoms with Crippen molar-refractivity contribution in [2.75, 3.05) is 6.54 Å². The lowest BCUT2D eigenvalue weighted by atomic mass is 9.75. The number of hydrogen-bond donors (Lipinski definition) is 3. The van der Waals surface area contributed by atoms with E-state index in [2.05, 4.69) is 29.6 Å². The zero-order valence-electron chi connectivity index (χ0n) is 11.8. The van der Waals surface area contributed by atoms with E-state index in [1.807, 2.05) is 0 Å². The zero-order chi connectivity index (χ0) is 14.4. The highest BCUT2D eigenvalue weighted by atomic mass is 16.3. The van der Waals surface area contributed by atoms with Gasteiger partial charge in [0.1, 0.15) is 0 Å². The van der Waals surface area contributed by atoms with Gasteiger partial charge in [-0.1, -0.05) is 24.3 Å². The molecule has 0 spiro atoms. The van der Waals surface area contributed by atoms with Crippen molar-refractivity contribution in [1.29, 1.82) is 0 Å². The largest absolute Gasteiger partial charge is 0.504 e. The SMILES string of the molecule is Oc1cc2c(cc1O)[C@H]1c3ccccc3CC[C@@H]1NCC2. The molecule has 2 aromatic carbocycles. The number of hydrogen-bond acceptors (Lipinski definition) is 3. The van der Waals surface area contributed by atoms with Crippen LogP contribution in [0.3, 0.4) is 0 Å². The maximum Gasteiger partial charge on any atom is 0.157 e. The van der Waals surface area contributed by atoms with Gasteiger partial charge >= 0.3 is 0 Å². The van der Waals surface area contributed by atoms with Crippen molar-refractivity contribution in [3.8, 4) is 11.5 Å². The summed E-state index contributed by atoms with van der Waals surface area (Å²) in [5.74, 6) is 0.229. The van der Waals surface area contributed by atoms with Crippen LogP contribution in [-0.2, 0) is 12.8 Å². The van der Waals surface area contributed by atoms with Crippen LogP contribution < -0.4 is 5.32 Å². The number of phenols is 2. The number of fused-ring (bicyclic) bond motifs is 5. The Morgan fingerprint density at radius 2 is 1.71 bits per heavy atom. The summed E-state index contributed by atoms with van der Waals surface area (Å²) >= 11 is 0. The first-order valence-electron chi connectivity index (χ1n) is 7.60. The quantitative estimate of drug-likeness (QED) is 0.651. The molecule has 3 nitrogen and oxygen atoms in total. The average Bonchev–Trinajstić information content (AvgIpc) is 2.67. The average molecular weight is 281 g/mol. The summed E-state index contributed by atoms with van der Waals surface area (Å²) in [7, 11) is 0. The predicted molar refractivity (Wildman–Crippen MR) is 81.9 cm³/mol. The Hall–Kier alpha value is -2.00. The molecule has 2 aliphatic rings. The van der Waals surface area contributed by atoms with Crippen molar-refractivity contribution in [3.63, 3.8) is 0 Å². The first-order chi connectivity index (χ1) is 10.2. The highest BCUT2D eigenvalue weighted by Gasteiger charge is 2.33. The third-order valence-electron chi connectivity index (χ3n) is 4.89. The van der Waals surface area contributed by atoms with Gasteiger partial charge in [-0.15, -0.1) is 0 Å². The first-order valence-corrected chi connectivity index (χ1v) is 7.60. The summed E-state index contributed by atoms with van der Waals surface area (Å²) < 4.78 is 0. The Morgan fingerprint density at radius 3 is 2.62 bits per heavy atom. The minimum Gasteiger partial charge on any atom is -0.504 e. The summed E-state index contributed by atoms with van der Waals surface area (Å²) in [5, 5.41) is 23.4. The smallest absolute Gasteiger partial charge is 0.157 e. The molecule has 4 rings (SSSR count). The van der Waals surface area contributed by atoms with Crippen LogP contribution in [0.4, 0.5) is 0 Å². The van der Waals surface area contributed by atoms with E-state index >= 15 is 0 Å². The van der Waals surface area contributed by atoms with Crippen LogP contribution in [0.15, 0.2) is 36.4 Å². The monoisotopic (exact) mass is 281 g/mol. The standard InChI is InChI=1S/C18H19NO2/c20-16-9-12-7-8-19-15-6-5-11-3-1-2-4-13(11)18(15)14(12)10-17(16)21/h1-4,9-10,15,18-21H,5-8H2/t15-,18+/m0/s1. The van der Waals surface area contributed by atoms with Gasteiger partial charge in [-0.05, 0) is 60.2 Å². The van der Waals surface area contributed by atoms with Crippen molar-refractivity contribution in [2.45, 2.75) is 31.2 Å². The second-order valence-electron chi connectivity index (χ2n) is 6.07. The molecule has 21 heavy (non-hydrogen) atoms. The maximum atomic E-state index is 9.93. The molecule has 0 radical (unpaired) electrons. The highest BCUT2D eigenvalue weighted by molar-refractivity contribution is 5.52. The number of benzene rings is 2. The van der Waals surface area contributed by atoms with Crippen LogP contribution in [0.5, 0.6) is 11.5 Å². The Kier molecular flexibility index (Phi) is 2.89. The van der Waals surface area contributed by atoms with Crippen LogP contribution in [-0.4, -0.2) is 22.8 Å². The summed E-state index contributed by atoms with van der Waals surface area (Å²) in [6.07, 6.45) is 3.10. The van der Waals surface area contributed by atoms with Crippen LogP contribution in [0.25, 0.3) is 0 Å². The van der Waals surface area contributed by atoms with E-state index < -0.39 is 0 Å². The van der Waals surface area contributed by atoms with Gasteiger partial charge in [-0.25, -0.2) is 0 Å². The molecule has 0 saturated carbocycles. The van der Waals surface area contributed by atoms with E-state index in [1.54, 1.807) is 12.1 Å². The van der Waals surface area contributed by atoms with Crippen molar-refractivity contribution >= 4 is 0 Å². The molecular weight excluding hydrogens is 262 g/mol. The molecule has 0 unspecified atom stereocenters. The van der Waals surface area contributed by atoms with Crippen molar-refractivity contribution in [1.82, 2.24) is 5.32 Å². The van der Waals surface area contributed by atoms with Crippen molar-refractivity contribution in [3.05, 3.63) is 58.7 Å². The summed E-state index contributed by atoms with van der Waals surface area (Å²) in [6, 6.07) is 12.5. The topological polar surface area (TPSA) is 52.5 Å². The molecule has 3 heteroatoms. The van der Waals surface area contributed by atoms with E-state index in [0.717, 1.165) is 36.9 Å². The molecular formula is C18H19NO2. The zero-order valence-corrected chi connectivity index (χ0v) is 11.8. The van der Waals surface area contributed by atoms with Gasteiger partial charge in [0.05, 0.1) is 0 Å². The molecule has 0 amide bonds. The highest BCUT2D eigenvalue weighted by Crippen LogP contribution is 2.42. The Bertz CT molecular complexity index is 696. The van der Waals surface area contributed by atoms with Gasteiger partial charge in [0.2, 0.25) is 0 Å². The minimum atomic E-state index is -0.0173. The Morgan fingerprint density at radius 1 is 0.905 bits per heavy atom.